The van der Waals surface area contributed by atoms with E-state index in [4.69, 9.17) is 18.9 Å². The topological polar surface area (TPSA) is 230 Å². The van der Waals surface area contributed by atoms with E-state index >= 15 is 0 Å². The van der Waals surface area contributed by atoms with Gasteiger partial charge in [0.2, 0.25) is 0 Å². The number of carboxylic acid groups (broad SMARTS) is 2. The summed E-state index contributed by atoms with van der Waals surface area (Å²) < 4.78 is 22.9. The molecule has 508 valence electrons. The van der Waals surface area contributed by atoms with Gasteiger partial charge in [-0.25, -0.2) is 14.4 Å². The Morgan fingerprint density at radius 2 is 0.828 bits per heavy atom. The van der Waals surface area contributed by atoms with Crippen LogP contribution in [0.25, 0.3) is 0 Å². The van der Waals surface area contributed by atoms with Gasteiger partial charge in [-0.05, 0) is 162 Å². The van der Waals surface area contributed by atoms with E-state index in [-0.39, 0.29) is 75.1 Å². The normalized spacial score (nSPS) is 22.8. The maximum absolute atomic E-state index is 13.5. The summed E-state index contributed by atoms with van der Waals surface area (Å²) in [5.74, 6) is 16.8. The Bertz CT molecular complexity index is 3130. The van der Waals surface area contributed by atoms with Crippen LogP contribution < -0.4 is 14.7 Å². The Morgan fingerprint density at radius 1 is 0.527 bits per heavy atom. The molecule has 20 heteroatoms. The fourth-order valence-corrected chi connectivity index (χ4v) is 15.6. The summed E-state index contributed by atoms with van der Waals surface area (Å²) in [5.41, 5.74) is 0.907. The van der Waals surface area contributed by atoms with Crippen molar-refractivity contribution < 1.29 is 68.1 Å². The number of morpholine rings is 3. The van der Waals surface area contributed by atoms with Crippen LogP contribution >= 0.6 is 34.0 Å². The number of amides is 3. The average Bonchev–Trinajstić information content (AvgIpc) is 1.76. The van der Waals surface area contributed by atoms with Crippen LogP contribution in [0.5, 0.6) is 0 Å². The van der Waals surface area contributed by atoms with Crippen LogP contribution in [0.15, 0.2) is 30.9 Å². The highest BCUT2D eigenvalue weighted by Crippen LogP contribution is 2.43. The number of carbonyl (C=O) groups excluding carboxylic acids is 4. The standard InChI is InChI=1S/C25H33NO4S.2C24H33NO5S/c1-6-10-21-23(27)26(20(16-30-21)17-11-8-7-9-12-17)19-15-18(13-14-25(2,3)4)31-22(19)24(28)29-5;2*1-24(2,3)12-11-17-14-18(21(31-17)23(28)29)25-19(16-8-5-4-6-9-16)15-30-20(22(25)27)10-7-13-26/h6,15,17,20-21H,1,7-12,16H2,2-5H3;2*14,16,19-20,26H,4-10,13,15H2,1-3H3,(H,28,29)/t20-,21?;19-,20+;19-,20-/m000/s1. The van der Waals surface area contributed by atoms with Crippen molar-refractivity contribution in [3.05, 3.63) is 60.1 Å². The lowest BCUT2D eigenvalue weighted by atomic mass is 9.82. The Morgan fingerprint density at radius 3 is 1.12 bits per heavy atom. The summed E-state index contributed by atoms with van der Waals surface area (Å²) in [6.07, 6.45) is 18.7. The predicted octanol–water partition coefficient (Wildman–Crippen LogP) is 13.8. The number of hydrogen-bond acceptors (Lipinski definition) is 15. The quantitative estimate of drug-likeness (QED) is 0.0560. The number of carboxylic acids is 2. The zero-order valence-corrected chi connectivity index (χ0v) is 58.8. The lowest BCUT2D eigenvalue weighted by molar-refractivity contribution is -0.138. The van der Waals surface area contributed by atoms with Gasteiger partial charge in [-0.3, -0.25) is 14.4 Å². The first-order valence-corrected chi connectivity index (χ1v) is 35.8. The molecule has 1 unspecified atom stereocenters. The number of aliphatic hydroxyl groups is 2. The van der Waals surface area contributed by atoms with Crippen molar-refractivity contribution in [2.75, 3.05) is 54.8 Å². The predicted molar refractivity (Wildman–Crippen MR) is 367 cm³/mol. The third kappa shape index (κ3) is 20.6. The number of rotatable bonds is 17. The van der Waals surface area contributed by atoms with Crippen LogP contribution in [-0.4, -0.2) is 133 Å². The van der Waals surface area contributed by atoms with Gasteiger partial charge in [0.05, 0.1) is 76.7 Å². The van der Waals surface area contributed by atoms with Gasteiger partial charge < -0.3 is 54.1 Å². The van der Waals surface area contributed by atoms with Crippen LogP contribution in [0.1, 0.15) is 234 Å². The van der Waals surface area contributed by atoms with Crippen molar-refractivity contribution in [2.45, 2.75) is 227 Å². The van der Waals surface area contributed by atoms with E-state index in [1.807, 2.05) is 73.3 Å². The van der Waals surface area contributed by atoms with Crippen molar-refractivity contribution in [3.8, 4) is 35.5 Å². The van der Waals surface area contributed by atoms with Crippen LogP contribution in [-0.2, 0) is 33.3 Å². The monoisotopic (exact) mass is 1340 g/mol. The molecule has 0 radical (unpaired) electrons. The highest BCUT2D eigenvalue weighted by molar-refractivity contribution is 7.16. The number of methoxy groups -OCH3 is 1. The molecule has 0 spiro atoms. The Hall–Kier alpha value is -5.86. The summed E-state index contributed by atoms with van der Waals surface area (Å²) in [7, 11) is 1.37. The molecule has 3 saturated heterocycles. The first-order valence-electron chi connectivity index (χ1n) is 33.4. The Kier molecular flexibility index (Phi) is 27.4. The van der Waals surface area contributed by atoms with Gasteiger partial charge >= 0.3 is 17.9 Å². The number of thiophene rings is 3. The number of esters is 1. The molecule has 17 nitrogen and oxygen atoms in total. The van der Waals surface area contributed by atoms with E-state index in [1.54, 1.807) is 28.0 Å². The molecule has 3 saturated carbocycles. The number of hydrogen-bond donors (Lipinski definition) is 4. The third-order valence-electron chi connectivity index (χ3n) is 17.5. The molecule has 93 heavy (non-hydrogen) atoms. The summed E-state index contributed by atoms with van der Waals surface area (Å²) in [5, 5.41) is 38.2. The number of ether oxygens (including phenoxy) is 4. The number of anilines is 3. The van der Waals surface area contributed by atoms with Gasteiger partial charge in [0.25, 0.3) is 17.7 Å². The summed E-state index contributed by atoms with van der Waals surface area (Å²) in [6, 6.07) is 4.96. The molecular weight excluding hydrogens is 1240 g/mol. The molecule has 9 rings (SSSR count). The summed E-state index contributed by atoms with van der Waals surface area (Å²) in [6.45, 7) is 23.1. The van der Waals surface area contributed by atoms with E-state index in [2.05, 4.69) is 42.1 Å². The van der Waals surface area contributed by atoms with Crippen LogP contribution in [0.3, 0.4) is 0 Å². The molecule has 3 amide bonds. The number of aliphatic hydroxyl groups excluding tert-OH is 2. The molecule has 6 aliphatic rings. The van der Waals surface area contributed by atoms with Crippen molar-refractivity contribution in [1.29, 1.82) is 0 Å². The zero-order valence-electron chi connectivity index (χ0n) is 56.3. The average molecular weight is 1340 g/mol. The molecule has 3 aliphatic heterocycles. The van der Waals surface area contributed by atoms with Crippen molar-refractivity contribution in [2.24, 2.45) is 34.0 Å². The molecule has 0 aromatic carbocycles. The molecule has 0 bridgehead atoms. The number of nitrogens with zero attached hydrogens (tertiary/aromatic N) is 3. The number of aromatic carboxylic acids is 2. The van der Waals surface area contributed by atoms with Crippen LogP contribution in [0.2, 0.25) is 0 Å². The summed E-state index contributed by atoms with van der Waals surface area (Å²) in [4.78, 5) is 85.3. The first kappa shape index (κ1) is 74.5. The molecule has 3 aromatic heterocycles. The molecule has 3 aliphatic carbocycles. The van der Waals surface area contributed by atoms with E-state index in [0.717, 1.165) is 105 Å². The second-order valence-electron chi connectivity index (χ2n) is 28.3. The Labute approximate surface area is 563 Å². The highest BCUT2D eigenvalue weighted by atomic mass is 32.1. The fraction of sp³-hybridized carbons (Fsp3) is 0.644. The second kappa shape index (κ2) is 34.2. The van der Waals surface area contributed by atoms with Gasteiger partial charge in [0, 0.05) is 35.9 Å². The smallest absolute Gasteiger partial charge is 0.350 e. The molecule has 6 atom stereocenters. The van der Waals surface area contributed by atoms with E-state index in [0.29, 0.717) is 101 Å². The fourth-order valence-electron chi connectivity index (χ4n) is 13.0. The van der Waals surface area contributed by atoms with E-state index < -0.39 is 36.2 Å². The maximum atomic E-state index is 13.5. The van der Waals surface area contributed by atoms with Gasteiger partial charge in [0.1, 0.15) is 32.9 Å². The minimum Gasteiger partial charge on any atom is -0.477 e. The van der Waals surface area contributed by atoms with Crippen molar-refractivity contribution in [1.82, 2.24) is 0 Å². The second-order valence-corrected chi connectivity index (χ2v) is 31.5. The zero-order chi connectivity index (χ0) is 67.8. The van der Waals surface area contributed by atoms with E-state index in [1.165, 1.54) is 37.7 Å². The minimum absolute atomic E-state index is 0.00936. The first-order chi connectivity index (χ1) is 44.2. The van der Waals surface area contributed by atoms with Gasteiger partial charge in [-0.15, -0.1) is 40.6 Å². The minimum atomic E-state index is -1.04. The van der Waals surface area contributed by atoms with Gasteiger partial charge in [-0.2, -0.15) is 0 Å². The van der Waals surface area contributed by atoms with E-state index in [9.17, 15) is 49.2 Å². The van der Waals surface area contributed by atoms with Crippen LogP contribution in [0.4, 0.5) is 17.1 Å². The molecule has 6 heterocycles. The SMILES string of the molecule is C=CCC1OC[C@@H](C2CCCCC2)N(c2cc(C#CC(C)(C)C)sc2C(=O)OC)C1=O.CC(C)(C)C#Cc1cc(N2C(=O)[C@@H](CCCO)OC[C@H]2C2CCCCC2)c(C(=O)O)s1.CC(C)(C)C#Cc1cc(N2C(=O)[C@H](CCCO)OC[C@H]2C2CCCCC2)c(C(=O)O)s1. The molecule has 4 N–H and O–H groups in total. The van der Waals surface area contributed by atoms with Crippen molar-refractivity contribution in [3.63, 3.8) is 0 Å². The third-order valence-corrected chi connectivity index (χ3v) is 20.6. The van der Waals surface area contributed by atoms with Crippen LogP contribution in [0, 0.1) is 69.5 Å². The lowest BCUT2D eigenvalue weighted by Crippen LogP contribution is -2.57. The Balaban J connectivity index is 0.000000198. The largest absolute Gasteiger partial charge is 0.477 e. The molecular formula is C73H99N3O14S3. The van der Waals surface area contributed by atoms with Gasteiger partial charge in [-0.1, -0.05) is 99.4 Å². The highest BCUT2D eigenvalue weighted by Gasteiger charge is 2.46. The number of carbonyl (C=O) groups is 6. The summed E-state index contributed by atoms with van der Waals surface area (Å²) >= 11 is 3.54. The lowest BCUT2D eigenvalue weighted by Gasteiger charge is -2.44. The van der Waals surface area contributed by atoms with Gasteiger partial charge in [0.15, 0.2) is 0 Å². The van der Waals surface area contributed by atoms with Crippen molar-refractivity contribution >= 4 is 86.7 Å². The molecule has 6 fully saturated rings. The molecule has 3 aromatic rings. The maximum Gasteiger partial charge on any atom is 0.350 e.